The number of rotatable bonds is 4. The van der Waals surface area contributed by atoms with Crippen LogP contribution < -0.4 is 0 Å². The number of benzene rings is 2. The van der Waals surface area contributed by atoms with E-state index < -0.39 is 20.1 Å². The first-order valence-electron chi connectivity index (χ1n) is 11.4. The number of carbonyl (C=O) groups is 1. The molecule has 0 bridgehead atoms. The first-order valence-corrected chi connectivity index (χ1v) is 15.1. The van der Waals surface area contributed by atoms with E-state index in [1.165, 1.54) is 4.31 Å². The molecule has 2 aromatic heterocycles. The monoisotopic (exact) mass is 576 g/mol. The van der Waals surface area contributed by atoms with E-state index in [2.05, 4.69) is 9.97 Å². The molecule has 0 aliphatic carbocycles. The normalized spacial score (nSPS) is 14.7. The van der Waals surface area contributed by atoms with Crippen LogP contribution in [0.15, 0.2) is 78.1 Å². The van der Waals surface area contributed by atoms with E-state index >= 15 is 0 Å². The van der Waals surface area contributed by atoms with Gasteiger partial charge in [0.15, 0.2) is 0 Å². The molecule has 0 radical (unpaired) electrons. The molecule has 0 saturated carbocycles. The Morgan fingerprint density at radius 1 is 0.895 bits per heavy atom. The van der Waals surface area contributed by atoms with Crippen molar-refractivity contribution in [3.8, 4) is 11.1 Å². The van der Waals surface area contributed by atoms with Crippen molar-refractivity contribution in [3.63, 3.8) is 0 Å². The van der Waals surface area contributed by atoms with Crippen molar-refractivity contribution in [1.82, 2.24) is 19.2 Å². The molecule has 0 atom stereocenters. The summed E-state index contributed by atoms with van der Waals surface area (Å²) < 4.78 is 53.5. The largest absolute Gasteiger partial charge is 0.345 e. The number of carbonyl (C=O) groups excluding carboxylic acids is 1. The fraction of sp³-hybridized carbons (Fsp3) is 0.200. The molecule has 1 amide bonds. The number of aromatic nitrogens is 2. The minimum atomic E-state index is -3.70. The second-order valence-electron chi connectivity index (χ2n) is 8.61. The average Bonchev–Trinajstić information content (AvgIpc) is 3.32. The third kappa shape index (κ3) is 6.77. The summed E-state index contributed by atoms with van der Waals surface area (Å²) in [5, 5.41) is 1.42. The summed E-state index contributed by atoms with van der Waals surface area (Å²) in [5.41, 5.74) is 3.32. The molecule has 3 heterocycles. The average molecular weight is 577 g/mol. The number of pyridine rings is 1. The number of aromatic amines is 1. The van der Waals surface area contributed by atoms with Crippen molar-refractivity contribution in [1.29, 1.82) is 0 Å². The van der Waals surface area contributed by atoms with E-state index in [1.54, 1.807) is 53.7 Å². The van der Waals surface area contributed by atoms with Crippen LogP contribution in [0, 0.1) is 0 Å². The van der Waals surface area contributed by atoms with Crippen LogP contribution in [0.25, 0.3) is 22.0 Å². The summed E-state index contributed by atoms with van der Waals surface area (Å²) in [5.74, 6) is -0.103. The number of fused-ring (bicyclic) bond motifs is 1. The Morgan fingerprint density at radius 3 is 2.08 bits per heavy atom. The zero-order valence-corrected chi connectivity index (χ0v) is 22.7. The first-order chi connectivity index (χ1) is 17.9. The van der Waals surface area contributed by atoms with E-state index in [1.807, 2.05) is 24.3 Å². The van der Waals surface area contributed by atoms with Crippen LogP contribution in [0.1, 0.15) is 10.4 Å². The maximum absolute atomic E-state index is 13.1. The van der Waals surface area contributed by atoms with E-state index in [4.69, 9.17) is 16.2 Å². The molecule has 200 valence electrons. The molecule has 38 heavy (non-hydrogen) atoms. The lowest BCUT2D eigenvalue weighted by Crippen LogP contribution is -2.50. The van der Waals surface area contributed by atoms with Crippen LogP contribution in [0.2, 0.25) is 5.02 Å². The number of piperazine rings is 1. The summed E-state index contributed by atoms with van der Waals surface area (Å²) in [7, 11) is -7.36. The van der Waals surface area contributed by atoms with E-state index in [-0.39, 0.29) is 24.0 Å². The Morgan fingerprint density at radius 2 is 1.47 bits per heavy atom. The van der Waals surface area contributed by atoms with Crippen LogP contribution in [-0.4, -0.2) is 78.9 Å². The van der Waals surface area contributed by atoms with Gasteiger partial charge in [-0.1, -0.05) is 23.7 Å². The maximum atomic E-state index is 13.1. The van der Waals surface area contributed by atoms with Gasteiger partial charge in [0.25, 0.3) is 26.0 Å². The van der Waals surface area contributed by atoms with Crippen LogP contribution in [-0.2, 0) is 20.1 Å². The van der Waals surface area contributed by atoms with Gasteiger partial charge in [0, 0.05) is 60.1 Å². The summed E-state index contributed by atoms with van der Waals surface area (Å²) in [6.45, 7) is 1.13. The minimum absolute atomic E-state index is 0.103. The topological polar surface area (TPSA) is 141 Å². The zero-order chi connectivity index (χ0) is 27.5. The van der Waals surface area contributed by atoms with Gasteiger partial charge in [0.2, 0.25) is 0 Å². The highest BCUT2D eigenvalue weighted by atomic mass is 35.5. The lowest BCUT2D eigenvalue weighted by Gasteiger charge is -2.33. The third-order valence-corrected chi connectivity index (χ3v) is 7.90. The molecule has 1 fully saturated rings. The van der Waals surface area contributed by atoms with Gasteiger partial charge in [-0.25, -0.2) is 8.42 Å². The molecule has 0 spiro atoms. The first kappa shape index (κ1) is 27.7. The Hall–Kier alpha value is -3.29. The number of H-pyrrole nitrogens is 1. The summed E-state index contributed by atoms with van der Waals surface area (Å²) >= 11 is 6.01. The van der Waals surface area contributed by atoms with Crippen LogP contribution in [0.3, 0.4) is 0 Å². The molecule has 2 aromatic carbocycles. The SMILES string of the molecule is CS(=O)(=O)O.O=C(c1ccc(-c2ccncc2)cc1)N1CCN(S(=O)(=O)c2cc3cc(Cl)ccc3[nH]2)CC1. The second kappa shape index (κ2) is 11.2. The molecular weight excluding hydrogens is 552 g/mol. The number of sulfonamides is 1. The quantitative estimate of drug-likeness (QED) is 0.354. The number of hydrogen-bond donors (Lipinski definition) is 2. The van der Waals surface area contributed by atoms with Gasteiger partial charge in [0.1, 0.15) is 5.03 Å². The Bertz CT molecular complexity index is 1640. The van der Waals surface area contributed by atoms with Gasteiger partial charge < -0.3 is 9.88 Å². The maximum Gasteiger partial charge on any atom is 0.261 e. The molecular formula is C25H25ClN4O6S2. The predicted octanol–water partition coefficient (Wildman–Crippen LogP) is 3.53. The molecule has 1 aliphatic rings. The number of nitrogens with zero attached hydrogens (tertiary/aromatic N) is 3. The minimum Gasteiger partial charge on any atom is -0.345 e. The highest BCUT2D eigenvalue weighted by Gasteiger charge is 2.31. The van der Waals surface area contributed by atoms with Crippen molar-refractivity contribution < 1.29 is 26.2 Å². The highest BCUT2D eigenvalue weighted by Crippen LogP contribution is 2.25. The van der Waals surface area contributed by atoms with Crippen molar-refractivity contribution in [2.75, 3.05) is 32.4 Å². The van der Waals surface area contributed by atoms with Gasteiger partial charge in [0.05, 0.1) is 6.26 Å². The zero-order valence-electron chi connectivity index (χ0n) is 20.3. The van der Waals surface area contributed by atoms with Gasteiger partial charge >= 0.3 is 0 Å². The molecule has 10 nitrogen and oxygen atoms in total. The smallest absolute Gasteiger partial charge is 0.261 e. The van der Waals surface area contributed by atoms with Crippen molar-refractivity contribution >= 4 is 48.6 Å². The summed E-state index contributed by atoms with van der Waals surface area (Å²) in [4.78, 5) is 21.6. The predicted molar refractivity (Wildman–Crippen MR) is 145 cm³/mol. The van der Waals surface area contributed by atoms with Crippen LogP contribution in [0.4, 0.5) is 0 Å². The molecule has 1 aliphatic heterocycles. The number of nitrogens with one attached hydrogen (secondary N) is 1. The number of hydrogen-bond acceptors (Lipinski definition) is 6. The van der Waals surface area contributed by atoms with E-state index in [0.717, 1.165) is 16.5 Å². The van der Waals surface area contributed by atoms with Crippen LogP contribution in [0.5, 0.6) is 0 Å². The standard InChI is InChI=1S/C24H21ClN4O3S.CH4O3S/c25-21-5-6-22-20(15-21)16-23(27-22)33(31,32)29-13-11-28(12-14-29)24(30)19-3-1-17(2-4-19)18-7-9-26-10-8-18;1-5(2,3)4/h1-10,15-16,27H,11-14H2;1H3,(H,2,3,4). The lowest BCUT2D eigenvalue weighted by atomic mass is 10.0. The summed E-state index contributed by atoms with van der Waals surface area (Å²) in [6, 6.07) is 18.0. The van der Waals surface area contributed by atoms with E-state index in [9.17, 15) is 21.6 Å². The highest BCUT2D eigenvalue weighted by molar-refractivity contribution is 7.89. The summed E-state index contributed by atoms with van der Waals surface area (Å²) in [6.07, 6.45) is 4.17. The van der Waals surface area contributed by atoms with Crippen LogP contribution >= 0.6 is 11.6 Å². The second-order valence-corrected chi connectivity index (χ2v) is 12.4. The number of amides is 1. The Labute approximate surface area is 225 Å². The molecule has 13 heteroatoms. The van der Waals surface area contributed by atoms with Gasteiger partial charge in [-0.05, 0) is 59.7 Å². The lowest BCUT2D eigenvalue weighted by molar-refractivity contribution is 0.0698. The molecule has 0 unspecified atom stereocenters. The molecule has 4 aromatic rings. The molecule has 2 N–H and O–H groups in total. The number of halogens is 1. The fourth-order valence-corrected chi connectivity index (χ4v) is 5.64. The van der Waals surface area contributed by atoms with Crippen molar-refractivity contribution in [2.24, 2.45) is 0 Å². The third-order valence-electron chi connectivity index (χ3n) is 5.85. The Kier molecular flexibility index (Phi) is 8.19. The molecule has 5 rings (SSSR count). The van der Waals surface area contributed by atoms with Crippen molar-refractivity contribution in [3.05, 3.63) is 83.6 Å². The van der Waals surface area contributed by atoms with Crippen molar-refractivity contribution in [2.45, 2.75) is 5.03 Å². The van der Waals surface area contributed by atoms with Gasteiger partial charge in [-0.15, -0.1) is 0 Å². The Balaban J connectivity index is 0.000000617. The molecule has 1 saturated heterocycles. The fourth-order valence-electron chi connectivity index (χ4n) is 4.02. The van der Waals surface area contributed by atoms with E-state index in [0.29, 0.717) is 35.4 Å². The van der Waals surface area contributed by atoms with Gasteiger partial charge in [-0.3, -0.25) is 14.3 Å². The van der Waals surface area contributed by atoms with Gasteiger partial charge in [-0.2, -0.15) is 12.7 Å².